The third kappa shape index (κ3) is 3.13. The highest BCUT2D eigenvalue weighted by Gasteiger charge is 2.20. The number of nitrogens with zero attached hydrogens (tertiary/aromatic N) is 2. The van der Waals surface area contributed by atoms with Crippen LogP contribution in [0, 0.1) is 5.41 Å². The molecule has 2 rings (SSSR count). The summed E-state index contributed by atoms with van der Waals surface area (Å²) in [6, 6.07) is 0. The Morgan fingerprint density at radius 2 is 1.83 bits per heavy atom. The zero-order valence-corrected chi connectivity index (χ0v) is 11.7. The van der Waals surface area contributed by atoms with E-state index in [1.807, 2.05) is 7.05 Å². The van der Waals surface area contributed by atoms with Crippen molar-refractivity contribution in [1.82, 2.24) is 15.1 Å². The van der Waals surface area contributed by atoms with Crippen molar-refractivity contribution in [3.63, 3.8) is 0 Å². The molecule has 0 aromatic heterocycles. The molecule has 2 N–H and O–H groups in total. The van der Waals surface area contributed by atoms with Gasteiger partial charge in [0, 0.05) is 33.2 Å². The molecule has 1 aliphatic carbocycles. The van der Waals surface area contributed by atoms with Gasteiger partial charge >= 0.3 is 0 Å². The molecule has 0 unspecified atom stereocenters. The quantitative estimate of drug-likeness (QED) is 0.586. The van der Waals surface area contributed by atoms with Crippen LogP contribution in [0.5, 0.6) is 0 Å². The number of nitrogens with one attached hydrogen (secondary N) is 2. The standard InChI is InChI=1S/C14H24N4/c1-11(10-12-4-5-12)13(16-2)14(15)18-8-6-17(3)7-9-18/h10,15-16H,4-9H2,1-3H3/b13-11-,15-14?. The van der Waals surface area contributed by atoms with Crippen molar-refractivity contribution in [2.75, 3.05) is 40.3 Å². The molecule has 0 aromatic rings. The van der Waals surface area contributed by atoms with E-state index in [0.717, 1.165) is 31.9 Å². The molecule has 1 saturated carbocycles. The molecule has 4 heteroatoms. The van der Waals surface area contributed by atoms with Crippen molar-refractivity contribution in [2.45, 2.75) is 19.8 Å². The lowest BCUT2D eigenvalue weighted by Crippen LogP contribution is -2.48. The first-order valence-corrected chi connectivity index (χ1v) is 6.72. The lowest BCUT2D eigenvalue weighted by atomic mass is 10.1. The van der Waals surface area contributed by atoms with Gasteiger partial charge in [-0.25, -0.2) is 0 Å². The predicted molar refractivity (Wildman–Crippen MR) is 75.9 cm³/mol. The number of likely N-dealkylation sites (N-methyl/N-ethyl adjacent to an activating group) is 2. The number of hydrogen-bond acceptors (Lipinski definition) is 3. The highest BCUT2D eigenvalue weighted by molar-refractivity contribution is 5.96. The highest BCUT2D eigenvalue weighted by atomic mass is 15.3. The maximum Gasteiger partial charge on any atom is 0.144 e. The summed E-state index contributed by atoms with van der Waals surface area (Å²) in [7, 11) is 4.05. The minimum absolute atomic E-state index is 0.639. The average Bonchev–Trinajstić information content (AvgIpc) is 3.14. The largest absolute Gasteiger partial charge is 0.385 e. The first-order chi connectivity index (χ1) is 8.61. The van der Waals surface area contributed by atoms with Crippen molar-refractivity contribution in [2.24, 2.45) is 0 Å². The van der Waals surface area contributed by atoms with Gasteiger partial charge in [-0.2, -0.15) is 0 Å². The summed E-state index contributed by atoms with van der Waals surface area (Å²) in [5.41, 5.74) is 3.67. The summed E-state index contributed by atoms with van der Waals surface area (Å²) < 4.78 is 0. The van der Waals surface area contributed by atoms with Gasteiger partial charge in [0.15, 0.2) is 0 Å². The second-order valence-electron chi connectivity index (χ2n) is 5.25. The van der Waals surface area contributed by atoms with Crippen LogP contribution in [0.1, 0.15) is 19.8 Å². The molecule has 1 aliphatic heterocycles. The Balaban J connectivity index is 2.07. The van der Waals surface area contributed by atoms with E-state index in [2.05, 4.69) is 35.2 Å². The van der Waals surface area contributed by atoms with Crippen LogP contribution in [0.2, 0.25) is 0 Å². The number of amidine groups is 1. The van der Waals surface area contributed by atoms with Crippen LogP contribution < -0.4 is 5.32 Å². The van der Waals surface area contributed by atoms with Crippen molar-refractivity contribution in [3.8, 4) is 0 Å². The number of rotatable bonds is 3. The fourth-order valence-corrected chi connectivity index (χ4v) is 2.29. The SMILES string of the molecule is CN/C(C(=N)N1CCN(C)CC1)=C(/C)C=C1CC1. The van der Waals surface area contributed by atoms with Gasteiger partial charge in [0.2, 0.25) is 0 Å². The predicted octanol–water partition coefficient (Wildman–Crippen LogP) is 1.42. The maximum absolute atomic E-state index is 8.36. The van der Waals surface area contributed by atoms with Crippen molar-refractivity contribution in [1.29, 1.82) is 5.41 Å². The Bertz CT molecular complexity index is 381. The third-order valence-electron chi connectivity index (χ3n) is 3.66. The molecule has 0 radical (unpaired) electrons. The van der Waals surface area contributed by atoms with Crippen molar-refractivity contribution in [3.05, 3.63) is 22.9 Å². The van der Waals surface area contributed by atoms with Gasteiger partial charge in [0.25, 0.3) is 0 Å². The Hall–Kier alpha value is -1.29. The highest BCUT2D eigenvalue weighted by Crippen LogP contribution is 2.29. The fraction of sp³-hybridized carbons (Fsp3) is 0.643. The molecule has 0 aromatic carbocycles. The molecule has 2 aliphatic rings. The van der Waals surface area contributed by atoms with Crippen LogP contribution in [0.25, 0.3) is 0 Å². The third-order valence-corrected chi connectivity index (χ3v) is 3.66. The van der Waals surface area contributed by atoms with Crippen molar-refractivity contribution >= 4 is 5.84 Å². The monoisotopic (exact) mass is 248 g/mol. The van der Waals surface area contributed by atoms with Gasteiger partial charge in [-0.3, -0.25) is 5.41 Å². The molecular weight excluding hydrogens is 224 g/mol. The Morgan fingerprint density at radius 1 is 1.22 bits per heavy atom. The first kappa shape index (κ1) is 13.1. The van der Waals surface area contributed by atoms with Crippen LogP contribution >= 0.6 is 0 Å². The minimum atomic E-state index is 0.639. The summed E-state index contributed by atoms with van der Waals surface area (Å²) in [6.07, 6.45) is 4.70. The number of hydrogen-bond donors (Lipinski definition) is 2. The number of piperazine rings is 1. The van der Waals surface area contributed by atoms with E-state index >= 15 is 0 Å². The van der Waals surface area contributed by atoms with Gasteiger partial charge in [-0.05, 0) is 32.4 Å². The molecule has 0 amide bonds. The normalized spacial score (nSPS) is 21.5. The minimum Gasteiger partial charge on any atom is -0.385 e. The van der Waals surface area contributed by atoms with Crippen LogP contribution in [-0.2, 0) is 0 Å². The summed E-state index contributed by atoms with van der Waals surface area (Å²) in [5.74, 6) is 0.639. The maximum atomic E-state index is 8.36. The van der Waals surface area contributed by atoms with E-state index in [1.165, 1.54) is 24.0 Å². The molecular formula is C14H24N4. The van der Waals surface area contributed by atoms with Crippen LogP contribution in [0.4, 0.5) is 0 Å². The molecule has 18 heavy (non-hydrogen) atoms. The van der Waals surface area contributed by atoms with E-state index in [4.69, 9.17) is 5.41 Å². The number of allylic oxidation sites excluding steroid dienone is 3. The van der Waals surface area contributed by atoms with Crippen LogP contribution in [0.3, 0.4) is 0 Å². The summed E-state index contributed by atoms with van der Waals surface area (Å²) in [6.45, 7) is 6.08. The van der Waals surface area contributed by atoms with E-state index in [0.29, 0.717) is 5.84 Å². The second kappa shape index (κ2) is 5.57. The van der Waals surface area contributed by atoms with E-state index in [1.54, 1.807) is 0 Å². The molecule has 1 heterocycles. The van der Waals surface area contributed by atoms with E-state index in [-0.39, 0.29) is 0 Å². The van der Waals surface area contributed by atoms with Crippen LogP contribution in [0.15, 0.2) is 22.9 Å². The molecule has 0 bridgehead atoms. The first-order valence-electron chi connectivity index (χ1n) is 6.72. The van der Waals surface area contributed by atoms with Crippen LogP contribution in [-0.4, -0.2) is 55.9 Å². The van der Waals surface area contributed by atoms with Gasteiger partial charge < -0.3 is 15.1 Å². The molecule has 1 saturated heterocycles. The second-order valence-corrected chi connectivity index (χ2v) is 5.25. The summed E-state index contributed by atoms with van der Waals surface area (Å²) >= 11 is 0. The molecule has 4 nitrogen and oxygen atoms in total. The molecule has 2 fully saturated rings. The zero-order chi connectivity index (χ0) is 13.1. The molecule has 100 valence electrons. The molecule has 0 spiro atoms. The Labute approximate surface area is 110 Å². The van der Waals surface area contributed by atoms with Crippen molar-refractivity contribution < 1.29 is 0 Å². The average molecular weight is 248 g/mol. The summed E-state index contributed by atoms with van der Waals surface area (Å²) in [4.78, 5) is 4.48. The van der Waals surface area contributed by atoms with Gasteiger partial charge in [-0.1, -0.05) is 11.6 Å². The lowest BCUT2D eigenvalue weighted by molar-refractivity contribution is 0.214. The Kier molecular flexibility index (Phi) is 4.07. The lowest BCUT2D eigenvalue weighted by Gasteiger charge is -2.34. The smallest absolute Gasteiger partial charge is 0.144 e. The zero-order valence-electron chi connectivity index (χ0n) is 11.7. The fourth-order valence-electron chi connectivity index (χ4n) is 2.29. The Morgan fingerprint density at radius 3 is 2.33 bits per heavy atom. The van der Waals surface area contributed by atoms with Gasteiger partial charge in [0.05, 0.1) is 5.70 Å². The molecule has 0 atom stereocenters. The van der Waals surface area contributed by atoms with Gasteiger partial charge in [0.1, 0.15) is 5.84 Å². The van der Waals surface area contributed by atoms with Gasteiger partial charge in [-0.15, -0.1) is 0 Å². The summed E-state index contributed by atoms with van der Waals surface area (Å²) in [5, 5.41) is 11.6. The van der Waals surface area contributed by atoms with E-state index in [9.17, 15) is 0 Å². The topological polar surface area (TPSA) is 42.4 Å². The van der Waals surface area contributed by atoms with E-state index < -0.39 is 0 Å².